The third kappa shape index (κ3) is 2.25. The molecule has 1 fully saturated rings. The van der Waals surface area contributed by atoms with E-state index in [0.29, 0.717) is 6.04 Å². The van der Waals surface area contributed by atoms with Crippen molar-refractivity contribution in [3.8, 4) is 0 Å². The Labute approximate surface area is 130 Å². The highest BCUT2D eigenvalue weighted by molar-refractivity contribution is 5.96. The molecule has 2 aromatic rings. The predicted octanol–water partition coefficient (Wildman–Crippen LogP) is 2.38. The first-order valence-electron chi connectivity index (χ1n) is 8.13. The molecule has 22 heavy (non-hydrogen) atoms. The lowest BCUT2D eigenvalue weighted by atomic mass is 10.1. The number of hydrogen-bond donors (Lipinski definition) is 1. The van der Waals surface area contributed by atoms with Crippen LogP contribution in [0.3, 0.4) is 0 Å². The average Bonchev–Trinajstić information content (AvgIpc) is 3.12. The standard InChI is InChI=1S/C17H22N4O/c1-11-9-15(12(2)21(11)14-4-5-14)17(22)19-13-3-6-16-18-7-8-20(16)10-13/h7-9,13-14H,3-6,10H2,1-2H3,(H,19,22)/t13-/m0/s1. The molecule has 5 heteroatoms. The predicted molar refractivity (Wildman–Crippen MR) is 84.0 cm³/mol. The van der Waals surface area contributed by atoms with Crippen LogP contribution in [0, 0.1) is 13.8 Å². The summed E-state index contributed by atoms with van der Waals surface area (Å²) in [7, 11) is 0. The Morgan fingerprint density at radius 2 is 2.14 bits per heavy atom. The summed E-state index contributed by atoms with van der Waals surface area (Å²) in [6.45, 7) is 4.98. The average molecular weight is 298 g/mol. The molecule has 1 saturated carbocycles. The van der Waals surface area contributed by atoms with Gasteiger partial charge in [-0.1, -0.05) is 0 Å². The SMILES string of the molecule is Cc1cc(C(=O)N[C@H]2CCc3nccn3C2)c(C)n1C1CC1. The number of aryl methyl sites for hydroxylation is 2. The first kappa shape index (κ1) is 13.6. The molecule has 0 radical (unpaired) electrons. The van der Waals surface area contributed by atoms with E-state index in [9.17, 15) is 4.79 Å². The Hall–Kier alpha value is -2.04. The zero-order valence-electron chi connectivity index (χ0n) is 13.2. The lowest BCUT2D eigenvalue weighted by Gasteiger charge is -2.24. The van der Waals surface area contributed by atoms with Crippen LogP contribution in [-0.4, -0.2) is 26.1 Å². The molecule has 1 aliphatic carbocycles. The summed E-state index contributed by atoms with van der Waals surface area (Å²) in [5.74, 6) is 1.19. The van der Waals surface area contributed by atoms with Gasteiger partial charge in [-0.2, -0.15) is 0 Å². The molecule has 1 amide bonds. The second kappa shape index (κ2) is 5.00. The highest BCUT2D eigenvalue weighted by Gasteiger charge is 2.29. The number of imidazole rings is 1. The largest absolute Gasteiger partial charge is 0.347 e. The topological polar surface area (TPSA) is 51.9 Å². The van der Waals surface area contributed by atoms with Crippen LogP contribution in [0.4, 0.5) is 0 Å². The van der Waals surface area contributed by atoms with E-state index in [0.717, 1.165) is 36.5 Å². The van der Waals surface area contributed by atoms with E-state index in [-0.39, 0.29) is 11.9 Å². The lowest BCUT2D eigenvalue weighted by molar-refractivity contribution is 0.0927. The molecule has 3 heterocycles. The molecule has 5 nitrogen and oxygen atoms in total. The minimum absolute atomic E-state index is 0.0635. The van der Waals surface area contributed by atoms with E-state index < -0.39 is 0 Å². The van der Waals surface area contributed by atoms with Crippen LogP contribution in [0.15, 0.2) is 18.5 Å². The highest BCUT2D eigenvalue weighted by Crippen LogP contribution is 2.38. The van der Waals surface area contributed by atoms with Gasteiger partial charge >= 0.3 is 0 Å². The van der Waals surface area contributed by atoms with Crippen molar-refractivity contribution in [3.05, 3.63) is 41.2 Å². The number of amides is 1. The summed E-state index contributed by atoms with van der Waals surface area (Å²) < 4.78 is 4.46. The Morgan fingerprint density at radius 3 is 2.91 bits per heavy atom. The second-order valence-corrected chi connectivity index (χ2v) is 6.59. The molecular weight excluding hydrogens is 276 g/mol. The minimum atomic E-state index is 0.0635. The summed E-state index contributed by atoms with van der Waals surface area (Å²) in [6, 6.07) is 2.84. The van der Waals surface area contributed by atoms with E-state index in [4.69, 9.17) is 0 Å². The quantitative estimate of drug-likeness (QED) is 0.946. The molecule has 0 saturated heterocycles. The smallest absolute Gasteiger partial charge is 0.253 e. The summed E-state index contributed by atoms with van der Waals surface area (Å²) in [6.07, 6.45) is 8.20. The van der Waals surface area contributed by atoms with E-state index in [1.54, 1.807) is 0 Å². The van der Waals surface area contributed by atoms with Crippen LogP contribution in [0.1, 0.15) is 52.9 Å². The normalized spacial score (nSPS) is 20.7. The van der Waals surface area contributed by atoms with Crippen molar-refractivity contribution in [3.63, 3.8) is 0 Å². The maximum absolute atomic E-state index is 12.6. The summed E-state index contributed by atoms with van der Waals surface area (Å²) >= 11 is 0. The number of fused-ring (bicyclic) bond motifs is 1. The van der Waals surface area contributed by atoms with Gasteiger partial charge in [-0.3, -0.25) is 4.79 Å². The van der Waals surface area contributed by atoms with Crippen molar-refractivity contribution >= 4 is 5.91 Å². The van der Waals surface area contributed by atoms with E-state index in [2.05, 4.69) is 33.3 Å². The molecule has 2 aliphatic rings. The molecule has 1 aliphatic heterocycles. The van der Waals surface area contributed by atoms with Crippen LogP contribution < -0.4 is 5.32 Å². The van der Waals surface area contributed by atoms with E-state index >= 15 is 0 Å². The molecule has 116 valence electrons. The number of rotatable bonds is 3. The van der Waals surface area contributed by atoms with Gasteiger partial charge in [0.1, 0.15) is 5.82 Å². The monoisotopic (exact) mass is 298 g/mol. The fraction of sp³-hybridized carbons (Fsp3) is 0.529. The summed E-state index contributed by atoms with van der Waals surface area (Å²) in [5.41, 5.74) is 3.14. The molecule has 0 spiro atoms. The molecule has 2 aromatic heterocycles. The fourth-order valence-electron chi connectivity index (χ4n) is 3.65. The van der Waals surface area contributed by atoms with Gasteiger partial charge in [0.25, 0.3) is 5.91 Å². The molecule has 0 aromatic carbocycles. The van der Waals surface area contributed by atoms with Crippen LogP contribution >= 0.6 is 0 Å². The number of carbonyl (C=O) groups excluding carboxylic acids is 1. The Morgan fingerprint density at radius 1 is 1.32 bits per heavy atom. The van der Waals surface area contributed by atoms with Crippen molar-refractivity contribution in [1.29, 1.82) is 0 Å². The Kier molecular flexibility index (Phi) is 3.10. The lowest BCUT2D eigenvalue weighted by Crippen LogP contribution is -2.41. The minimum Gasteiger partial charge on any atom is -0.347 e. The first-order valence-corrected chi connectivity index (χ1v) is 8.13. The zero-order valence-corrected chi connectivity index (χ0v) is 13.2. The van der Waals surface area contributed by atoms with Crippen LogP contribution in [-0.2, 0) is 13.0 Å². The van der Waals surface area contributed by atoms with Crippen molar-refractivity contribution in [1.82, 2.24) is 19.4 Å². The van der Waals surface area contributed by atoms with Crippen molar-refractivity contribution in [2.24, 2.45) is 0 Å². The molecule has 4 rings (SSSR count). The molecular formula is C17H22N4O. The number of nitrogens with one attached hydrogen (secondary N) is 1. The number of nitrogens with zero attached hydrogens (tertiary/aromatic N) is 3. The third-order valence-electron chi connectivity index (χ3n) is 4.91. The first-order chi connectivity index (χ1) is 10.6. The molecule has 1 atom stereocenters. The number of hydrogen-bond acceptors (Lipinski definition) is 2. The van der Waals surface area contributed by atoms with Crippen molar-refractivity contribution in [2.75, 3.05) is 0 Å². The van der Waals surface area contributed by atoms with Gasteiger partial charge < -0.3 is 14.5 Å². The summed E-state index contributed by atoms with van der Waals surface area (Å²) in [5, 5.41) is 3.21. The Balaban J connectivity index is 1.50. The van der Waals surface area contributed by atoms with Gasteiger partial charge in [-0.05, 0) is 39.2 Å². The van der Waals surface area contributed by atoms with Gasteiger partial charge in [0, 0.05) is 48.8 Å². The van der Waals surface area contributed by atoms with Crippen LogP contribution in [0.5, 0.6) is 0 Å². The maximum Gasteiger partial charge on any atom is 0.253 e. The Bertz CT molecular complexity index is 723. The van der Waals surface area contributed by atoms with Crippen molar-refractivity contribution < 1.29 is 4.79 Å². The maximum atomic E-state index is 12.6. The van der Waals surface area contributed by atoms with Crippen LogP contribution in [0.25, 0.3) is 0 Å². The van der Waals surface area contributed by atoms with Gasteiger partial charge in [-0.15, -0.1) is 0 Å². The van der Waals surface area contributed by atoms with Gasteiger partial charge in [0.2, 0.25) is 0 Å². The van der Waals surface area contributed by atoms with Gasteiger partial charge in [-0.25, -0.2) is 4.98 Å². The van der Waals surface area contributed by atoms with E-state index in [1.807, 2.05) is 18.5 Å². The molecule has 0 unspecified atom stereocenters. The van der Waals surface area contributed by atoms with Gasteiger partial charge in [0.15, 0.2) is 0 Å². The zero-order chi connectivity index (χ0) is 15.3. The number of carbonyl (C=O) groups is 1. The number of aromatic nitrogens is 3. The van der Waals surface area contributed by atoms with E-state index in [1.165, 1.54) is 18.5 Å². The second-order valence-electron chi connectivity index (χ2n) is 6.59. The third-order valence-corrected chi connectivity index (χ3v) is 4.91. The highest BCUT2D eigenvalue weighted by atomic mass is 16.1. The van der Waals surface area contributed by atoms with Crippen molar-refractivity contribution in [2.45, 2.75) is 58.2 Å². The fourth-order valence-corrected chi connectivity index (χ4v) is 3.65. The molecule has 1 N–H and O–H groups in total. The summed E-state index contributed by atoms with van der Waals surface area (Å²) in [4.78, 5) is 17.0. The van der Waals surface area contributed by atoms with Gasteiger partial charge in [0.05, 0.1) is 5.56 Å². The molecule has 0 bridgehead atoms. The van der Waals surface area contributed by atoms with Crippen LogP contribution in [0.2, 0.25) is 0 Å².